The smallest absolute Gasteiger partial charge is 0.288 e. The lowest BCUT2D eigenvalue weighted by atomic mass is 10.3. The zero-order chi connectivity index (χ0) is 15.4. The number of nitrogens with one attached hydrogen (secondary N) is 1. The molecule has 0 amide bonds. The number of hydrogen-bond acceptors (Lipinski definition) is 6. The van der Waals surface area contributed by atoms with Gasteiger partial charge < -0.3 is 10.1 Å². The zero-order valence-electron chi connectivity index (χ0n) is 11.5. The number of nitro groups is 1. The Labute approximate surface area is 126 Å². The molecule has 0 fully saturated rings. The van der Waals surface area contributed by atoms with E-state index in [-0.39, 0.29) is 10.7 Å². The highest BCUT2D eigenvalue weighted by Crippen LogP contribution is 2.31. The molecule has 2 rings (SSSR count). The molecule has 0 atom stereocenters. The molecular formula is C13H13ClN4O3. The van der Waals surface area contributed by atoms with E-state index in [2.05, 4.69) is 15.3 Å². The van der Waals surface area contributed by atoms with Gasteiger partial charge in [-0.3, -0.25) is 10.1 Å². The summed E-state index contributed by atoms with van der Waals surface area (Å²) < 4.78 is 5.61. The maximum Gasteiger partial charge on any atom is 0.288 e. The number of nitro benzene ring substituents is 1. The molecule has 0 unspecified atom stereocenters. The van der Waals surface area contributed by atoms with Gasteiger partial charge in [-0.15, -0.1) is 0 Å². The molecule has 8 heteroatoms. The molecular weight excluding hydrogens is 296 g/mol. The van der Waals surface area contributed by atoms with Crippen molar-refractivity contribution in [3.8, 4) is 11.6 Å². The fourth-order valence-corrected chi connectivity index (χ4v) is 1.82. The highest BCUT2D eigenvalue weighted by atomic mass is 35.5. The van der Waals surface area contributed by atoms with E-state index in [4.69, 9.17) is 16.3 Å². The van der Waals surface area contributed by atoms with Gasteiger partial charge in [0.1, 0.15) is 10.8 Å². The molecule has 1 aromatic carbocycles. The van der Waals surface area contributed by atoms with Crippen LogP contribution < -0.4 is 10.1 Å². The second-order valence-corrected chi connectivity index (χ2v) is 4.59. The van der Waals surface area contributed by atoms with Gasteiger partial charge >= 0.3 is 0 Å². The Morgan fingerprint density at radius 3 is 2.86 bits per heavy atom. The lowest BCUT2D eigenvalue weighted by Crippen LogP contribution is -2.03. The van der Waals surface area contributed by atoms with Crippen molar-refractivity contribution >= 4 is 23.2 Å². The fourth-order valence-electron chi connectivity index (χ4n) is 1.58. The summed E-state index contributed by atoms with van der Waals surface area (Å²) in [5.41, 5.74) is 0.572. The second kappa shape index (κ2) is 6.36. The van der Waals surface area contributed by atoms with Crippen LogP contribution in [-0.4, -0.2) is 21.4 Å². The van der Waals surface area contributed by atoms with Gasteiger partial charge in [0.25, 0.3) is 5.69 Å². The van der Waals surface area contributed by atoms with E-state index in [1.54, 1.807) is 13.1 Å². The molecule has 1 N–H and O–H groups in total. The van der Waals surface area contributed by atoms with Crippen molar-refractivity contribution in [2.24, 2.45) is 0 Å². The van der Waals surface area contributed by atoms with E-state index in [0.717, 1.165) is 5.56 Å². The number of nitrogens with zero attached hydrogens (tertiary/aromatic N) is 3. The average molecular weight is 309 g/mol. The maximum atomic E-state index is 10.7. The van der Waals surface area contributed by atoms with Gasteiger partial charge in [-0.05, 0) is 19.9 Å². The summed E-state index contributed by atoms with van der Waals surface area (Å²) in [7, 11) is 0. The first-order valence-electron chi connectivity index (χ1n) is 6.20. The van der Waals surface area contributed by atoms with E-state index in [1.165, 1.54) is 18.2 Å². The topological polar surface area (TPSA) is 90.2 Å². The first-order chi connectivity index (χ1) is 10.0. The van der Waals surface area contributed by atoms with Crippen molar-refractivity contribution in [3.63, 3.8) is 0 Å². The third-order valence-electron chi connectivity index (χ3n) is 2.59. The standard InChI is InChI=1S/C13H13ClN4O3/c1-3-15-13-16-7-8(2)12(17-13)21-9-4-5-11(18(19)20)10(14)6-9/h4-7H,3H2,1-2H3,(H,15,16,17). The molecule has 1 heterocycles. The number of rotatable bonds is 5. The van der Waals surface area contributed by atoms with Crippen LogP contribution in [0.5, 0.6) is 11.6 Å². The Hall–Kier alpha value is -2.41. The predicted octanol–water partition coefficient (Wildman–Crippen LogP) is 3.57. The number of aromatic nitrogens is 2. The first-order valence-corrected chi connectivity index (χ1v) is 6.58. The van der Waals surface area contributed by atoms with Crippen LogP contribution in [0.2, 0.25) is 5.02 Å². The number of ether oxygens (including phenoxy) is 1. The summed E-state index contributed by atoms with van der Waals surface area (Å²) in [5, 5.41) is 13.7. The van der Waals surface area contributed by atoms with Gasteiger partial charge in [0.15, 0.2) is 0 Å². The largest absolute Gasteiger partial charge is 0.439 e. The van der Waals surface area contributed by atoms with E-state index in [9.17, 15) is 10.1 Å². The molecule has 110 valence electrons. The Kier molecular flexibility index (Phi) is 4.54. The molecule has 0 aliphatic rings. The van der Waals surface area contributed by atoms with Crippen molar-refractivity contribution in [2.75, 3.05) is 11.9 Å². The second-order valence-electron chi connectivity index (χ2n) is 4.18. The molecule has 0 aliphatic heterocycles. The summed E-state index contributed by atoms with van der Waals surface area (Å²) in [6, 6.07) is 4.14. The summed E-state index contributed by atoms with van der Waals surface area (Å²) in [6.45, 7) is 4.42. The van der Waals surface area contributed by atoms with Crippen LogP contribution in [0.25, 0.3) is 0 Å². The molecule has 0 aliphatic carbocycles. The van der Waals surface area contributed by atoms with Gasteiger partial charge in [0.05, 0.1) is 4.92 Å². The molecule has 1 aromatic heterocycles. The molecule has 21 heavy (non-hydrogen) atoms. The summed E-state index contributed by atoms with van der Waals surface area (Å²) in [6.07, 6.45) is 1.63. The van der Waals surface area contributed by atoms with E-state index in [0.29, 0.717) is 24.1 Å². The van der Waals surface area contributed by atoms with Gasteiger partial charge in [-0.25, -0.2) is 4.98 Å². The SMILES string of the molecule is CCNc1ncc(C)c(Oc2ccc([N+](=O)[O-])c(Cl)c2)n1. The summed E-state index contributed by atoms with van der Waals surface area (Å²) in [5.74, 6) is 1.19. The van der Waals surface area contributed by atoms with Crippen LogP contribution in [-0.2, 0) is 0 Å². The average Bonchev–Trinajstić information content (AvgIpc) is 2.42. The van der Waals surface area contributed by atoms with Crippen LogP contribution >= 0.6 is 11.6 Å². The van der Waals surface area contributed by atoms with Crippen LogP contribution in [0.1, 0.15) is 12.5 Å². The Balaban J connectivity index is 2.27. The quantitative estimate of drug-likeness (QED) is 0.670. The monoisotopic (exact) mass is 308 g/mol. The van der Waals surface area contributed by atoms with Gasteiger partial charge in [0.2, 0.25) is 11.8 Å². The van der Waals surface area contributed by atoms with Gasteiger partial charge in [-0.1, -0.05) is 11.6 Å². The lowest BCUT2D eigenvalue weighted by Gasteiger charge is -2.09. The predicted molar refractivity (Wildman–Crippen MR) is 79.1 cm³/mol. The van der Waals surface area contributed by atoms with Crippen LogP contribution in [0.15, 0.2) is 24.4 Å². The van der Waals surface area contributed by atoms with Crippen LogP contribution in [0, 0.1) is 17.0 Å². The number of halogens is 1. The number of anilines is 1. The Morgan fingerprint density at radius 2 is 2.24 bits per heavy atom. The van der Waals surface area contributed by atoms with Crippen molar-refractivity contribution < 1.29 is 9.66 Å². The molecule has 0 spiro atoms. The van der Waals surface area contributed by atoms with Crippen molar-refractivity contribution in [2.45, 2.75) is 13.8 Å². The highest BCUT2D eigenvalue weighted by Gasteiger charge is 2.14. The summed E-state index contributed by atoms with van der Waals surface area (Å²) >= 11 is 5.84. The zero-order valence-corrected chi connectivity index (χ0v) is 12.2. The Bertz CT molecular complexity index is 678. The third-order valence-corrected chi connectivity index (χ3v) is 2.89. The number of benzene rings is 1. The normalized spacial score (nSPS) is 10.2. The first kappa shape index (κ1) is 15.0. The van der Waals surface area contributed by atoms with E-state index in [1.807, 2.05) is 6.92 Å². The van der Waals surface area contributed by atoms with Crippen molar-refractivity contribution in [3.05, 3.63) is 45.1 Å². The summed E-state index contributed by atoms with van der Waals surface area (Å²) in [4.78, 5) is 18.5. The Morgan fingerprint density at radius 1 is 1.48 bits per heavy atom. The number of aryl methyl sites for hydroxylation is 1. The van der Waals surface area contributed by atoms with E-state index >= 15 is 0 Å². The molecule has 0 bridgehead atoms. The van der Waals surface area contributed by atoms with Crippen molar-refractivity contribution in [1.82, 2.24) is 9.97 Å². The van der Waals surface area contributed by atoms with Gasteiger partial charge in [-0.2, -0.15) is 4.98 Å². The molecule has 0 radical (unpaired) electrons. The maximum absolute atomic E-state index is 10.7. The minimum Gasteiger partial charge on any atom is -0.439 e. The molecule has 7 nitrogen and oxygen atoms in total. The van der Waals surface area contributed by atoms with Crippen LogP contribution in [0.4, 0.5) is 11.6 Å². The minimum absolute atomic E-state index is 0.0103. The van der Waals surface area contributed by atoms with Crippen molar-refractivity contribution in [1.29, 1.82) is 0 Å². The number of hydrogen-bond donors (Lipinski definition) is 1. The van der Waals surface area contributed by atoms with Gasteiger partial charge in [0, 0.05) is 30.4 Å². The third kappa shape index (κ3) is 3.57. The van der Waals surface area contributed by atoms with E-state index < -0.39 is 4.92 Å². The molecule has 2 aromatic rings. The van der Waals surface area contributed by atoms with Crippen LogP contribution in [0.3, 0.4) is 0 Å². The lowest BCUT2D eigenvalue weighted by molar-refractivity contribution is -0.384. The fraction of sp³-hybridized carbons (Fsp3) is 0.231. The molecule has 0 saturated carbocycles. The molecule has 0 saturated heterocycles. The highest BCUT2D eigenvalue weighted by molar-refractivity contribution is 6.32. The minimum atomic E-state index is -0.550.